The first-order valence-electron chi connectivity index (χ1n) is 10.4. The van der Waals surface area contributed by atoms with Crippen LogP contribution < -0.4 is 30.7 Å². The molecule has 0 aliphatic carbocycles. The maximum Gasteiger partial charge on any atom is 0.144 e. The lowest BCUT2D eigenvalue weighted by atomic mass is 10.3. The van der Waals surface area contributed by atoms with Gasteiger partial charge in [-0.15, -0.1) is 0 Å². The molecule has 2 aromatic rings. The van der Waals surface area contributed by atoms with E-state index < -0.39 is 0 Å². The van der Waals surface area contributed by atoms with Crippen molar-refractivity contribution < 1.29 is 9.47 Å². The van der Waals surface area contributed by atoms with Gasteiger partial charge in [-0.1, -0.05) is 60.8 Å². The van der Waals surface area contributed by atoms with Crippen LogP contribution in [0.1, 0.15) is 0 Å². The van der Waals surface area contributed by atoms with Crippen LogP contribution in [0, 0.1) is 0 Å². The summed E-state index contributed by atoms with van der Waals surface area (Å²) in [5.74, 6) is 1.78. The lowest BCUT2D eigenvalue weighted by Gasteiger charge is -2.11. The first-order valence-corrected chi connectivity index (χ1v) is 13.4. The average molecular weight is 511 g/mol. The van der Waals surface area contributed by atoms with Gasteiger partial charge in [0.05, 0.1) is 0 Å². The highest BCUT2D eigenvalue weighted by Gasteiger charge is 2.02. The summed E-state index contributed by atoms with van der Waals surface area (Å²) >= 11 is 10.7. The minimum absolute atomic E-state index is 0.633. The smallest absolute Gasteiger partial charge is 0.144 e. The third-order valence-electron chi connectivity index (χ3n) is 3.92. The van der Waals surface area contributed by atoms with Crippen molar-refractivity contribution in [2.24, 2.45) is 0 Å². The van der Waals surface area contributed by atoms with E-state index in [9.17, 15) is 0 Å². The van der Waals surface area contributed by atoms with Crippen LogP contribution in [0.2, 0.25) is 0 Å². The predicted octanol–water partition coefficient (Wildman–Crippen LogP) is 3.45. The van der Waals surface area contributed by atoms with E-state index in [2.05, 4.69) is 21.3 Å². The average Bonchev–Trinajstić information content (AvgIpc) is 2.83. The van der Waals surface area contributed by atoms with Crippen LogP contribution in [0.3, 0.4) is 0 Å². The van der Waals surface area contributed by atoms with E-state index in [-0.39, 0.29) is 0 Å². The molecule has 4 N–H and O–H groups in total. The second-order valence-electron chi connectivity index (χ2n) is 6.42. The molecule has 32 heavy (non-hydrogen) atoms. The summed E-state index contributed by atoms with van der Waals surface area (Å²) in [6, 6.07) is 19.6. The molecule has 10 heteroatoms. The van der Waals surface area contributed by atoms with E-state index in [1.807, 2.05) is 60.7 Å². The largest absolute Gasteiger partial charge is 0.492 e. The minimum Gasteiger partial charge on any atom is -0.492 e. The van der Waals surface area contributed by atoms with Crippen molar-refractivity contribution in [1.82, 2.24) is 21.3 Å². The third kappa shape index (κ3) is 13.8. The van der Waals surface area contributed by atoms with Gasteiger partial charge in [-0.05, 0) is 45.9 Å². The van der Waals surface area contributed by atoms with Crippen LogP contribution >= 0.6 is 46.0 Å². The van der Waals surface area contributed by atoms with Crippen LogP contribution in [-0.4, -0.2) is 61.1 Å². The van der Waals surface area contributed by atoms with Gasteiger partial charge in [0.25, 0.3) is 0 Å². The van der Waals surface area contributed by atoms with Gasteiger partial charge < -0.3 is 30.7 Å². The third-order valence-corrected chi connectivity index (χ3v) is 7.26. The first-order chi connectivity index (χ1) is 15.7. The number of rotatable bonds is 14. The van der Waals surface area contributed by atoms with Gasteiger partial charge in [-0.3, -0.25) is 0 Å². The first kappa shape index (κ1) is 26.7. The molecule has 0 saturated heterocycles. The molecule has 0 aliphatic heterocycles. The molecule has 2 aromatic carbocycles. The highest BCUT2D eigenvalue weighted by Crippen LogP contribution is 2.22. The molecule has 174 valence electrons. The van der Waals surface area contributed by atoms with Crippen LogP contribution in [0.15, 0.2) is 60.7 Å². The molecule has 0 saturated carbocycles. The topological polar surface area (TPSA) is 66.6 Å². The van der Waals surface area contributed by atoms with E-state index in [1.54, 1.807) is 0 Å². The monoisotopic (exact) mass is 510 g/mol. The van der Waals surface area contributed by atoms with Gasteiger partial charge in [-0.25, -0.2) is 0 Å². The number of ether oxygens (including phenoxy) is 2. The lowest BCUT2D eigenvalue weighted by Crippen LogP contribution is -2.32. The second-order valence-corrected chi connectivity index (χ2v) is 9.90. The molecule has 0 unspecified atom stereocenters. The van der Waals surface area contributed by atoms with Crippen molar-refractivity contribution in [3.63, 3.8) is 0 Å². The zero-order valence-electron chi connectivity index (χ0n) is 17.9. The number of hydrogen-bond donors (Lipinski definition) is 4. The number of benzene rings is 2. The summed E-state index contributed by atoms with van der Waals surface area (Å²) in [6.07, 6.45) is 0. The molecular formula is C22H30N4O2S4. The van der Waals surface area contributed by atoms with Gasteiger partial charge >= 0.3 is 0 Å². The SMILES string of the molecule is S=C(NCCNCCOc1ccccc1)SSC(=S)NCCNCCOc1ccccc1. The summed E-state index contributed by atoms with van der Waals surface area (Å²) in [6.45, 7) is 5.97. The van der Waals surface area contributed by atoms with Crippen molar-refractivity contribution in [3.05, 3.63) is 60.7 Å². The van der Waals surface area contributed by atoms with Crippen LogP contribution in [0.4, 0.5) is 0 Å². The van der Waals surface area contributed by atoms with E-state index in [0.717, 1.165) is 59.4 Å². The molecule has 0 amide bonds. The maximum absolute atomic E-state index is 5.63. The van der Waals surface area contributed by atoms with Crippen LogP contribution in [0.5, 0.6) is 11.5 Å². The number of nitrogens with one attached hydrogen (secondary N) is 4. The number of para-hydroxylation sites is 2. The van der Waals surface area contributed by atoms with Crippen molar-refractivity contribution in [3.8, 4) is 11.5 Å². The fraction of sp³-hybridized carbons (Fsp3) is 0.364. The Balaban J connectivity index is 1.34. The van der Waals surface area contributed by atoms with Gasteiger partial charge in [0.2, 0.25) is 0 Å². The van der Waals surface area contributed by atoms with E-state index >= 15 is 0 Å². The van der Waals surface area contributed by atoms with Crippen molar-refractivity contribution in [2.45, 2.75) is 0 Å². The van der Waals surface area contributed by atoms with Gasteiger partial charge in [0.1, 0.15) is 33.4 Å². The van der Waals surface area contributed by atoms with Crippen LogP contribution in [-0.2, 0) is 0 Å². The lowest BCUT2D eigenvalue weighted by molar-refractivity contribution is 0.314. The molecule has 0 aliphatic rings. The highest BCUT2D eigenvalue weighted by atomic mass is 33.1. The molecule has 6 nitrogen and oxygen atoms in total. The Morgan fingerprint density at radius 2 is 1.00 bits per heavy atom. The quantitative estimate of drug-likeness (QED) is 0.173. The Hall–Kier alpha value is -1.56. The maximum atomic E-state index is 5.63. The number of hydrogen-bond acceptors (Lipinski definition) is 8. The predicted molar refractivity (Wildman–Crippen MR) is 146 cm³/mol. The Bertz CT molecular complexity index is 704. The Morgan fingerprint density at radius 1 is 0.594 bits per heavy atom. The fourth-order valence-corrected chi connectivity index (χ4v) is 4.50. The van der Waals surface area contributed by atoms with Gasteiger partial charge in [0.15, 0.2) is 0 Å². The minimum atomic E-state index is 0.633. The summed E-state index contributed by atoms with van der Waals surface area (Å²) in [4.78, 5) is 0. The van der Waals surface area contributed by atoms with E-state index in [0.29, 0.717) is 13.2 Å². The van der Waals surface area contributed by atoms with Gasteiger partial charge in [-0.2, -0.15) is 0 Å². The normalized spacial score (nSPS) is 10.4. The Morgan fingerprint density at radius 3 is 1.41 bits per heavy atom. The Kier molecular flexibility index (Phi) is 15.0. The van der Waals surface area contributed by atoms with Crippen LogP contribution in [0.25, 0.3) is 0 Å². The zero-order valence-corrected chi connectivity index (χ0v) is 21.1. The fourth-order valence-electron chi connectivity index (χ4n) is 2.41. The molecular weight excluding hydrogens is 481 g/mol. The Labute approximate surface area is 209 Å². The van der Waals surface area contributed by atoms with Crippen molar-refractivity contribution >= 4 is 54.7 Å². The van der Waals surface area contributed by atoms with Gasteiger partial charge in [0, 0.05) is 39.3 Å². The molecule has 0 bridgehead atoms. The molecule has 2 rings (SSSR count). The summed E-state index contributed by atoms with van der Waals surface area (Å²) in [5, 5.41) is 13.0. The van der Waals surface area contributed by atoms with E-state index in [4.69, 9.17) is 33.9 Å². The molecule has 0 atom stereocenters. The molecule has 0 radical (unpaired) electrons. The van der Waals surface area contributed by atoms with E-state index in [1.165, 1.54) is 21.6 Å². The summed E-state index contributed by atoms with van der Waals surface area (Å²) in [5.41, 5.74) is 0. The highest BCUT2D eigenvalue weighted by molar-refractivity contribution is 8.89. The molecule has 0 fully saturated rings. The number of thiocarbonyl (C=S) groups is 2. The summed E-state index contributed by atoms with van der Waals surface area (Å²) < 4.78 is 12.7. The zero-order chi connectivity index (χ0) is 22.7. The molecule has 0 heterocycles. The standard InChI is InChI=1S/C22H30N4O2S4/c29-21(25-13-11-23-15-17-27-19-7-3-1-4-8-19)31-32-22(30)26-14-12-24-16-18-28-20-9-5-2-6-10-20/h1-10,23-24H,11-18H2,(H,25,29)(H,26,30). The summed E-state index contributed by atoms with van der Waals surface area (Å²) in [7, 11) is 2.92. The van der Waals surface area contributed by atoms with Crippen molar-refractivity contribution in [2.75, 3.05) is 52.5 Å². The molecule has 0 spiro atoms. The van der Waals surface area contributed by atoms with Crippen molar-refractivity contribution in [1.29, 1.82) is 0 Å². The molecule has 0 aromatic heterocycles. The second kappa shape index (κ2) is 17.9.